The first kappa shape index (κ1) is 20.9. The van der Waals surface area contributed by atoms with Crippen molar-refractivity contribution in [1.29, 1.82) is 0 Å². The molecule has 0 heterocycles. The molecule has 0 aliphatic carbocycles. The van der Waals surface area contributed by atoms with Crippen LogP contribution < -0.4 is 0 Å². The molecule has 0 aliphatic rings. The SMILES string of the molecule is CCOC(=O)C(C(=O)OCC)C(C(=C=O)[Si](C)(C)C)c1ccccc1. The Kier molecular flexibility index (Phi) is 7.80. The van der Waals surface area contributed by atoms with E-state index in [0.29, 0.717) is 10.8 Å². The number of benzene rings is 1. The van der Waals surface area contributed by atoms with Gasteiger partial charge in [0.15, 0.2) is 5.92 Å². The lowest BCUT2D eigenvalue weighted by molar-refractivity contribution is -0.162. The Labute approximate surface area is 150 Å². The smallest absolute Gasteiger partial charge is 0.321 e. The highest BCUT2D eigenvalue weighted by molar-refractivity contribution is 6.84. The van der Waals surface area contributed by atoms with Gasteiger partial charge < -0.3 is 9.47 Å². The van der Waals surface area contributed by atoms with E-state index in [1.807, 2.05) is 43.8 Å². The van der Waals surface area contributed by atoms with Crippen LogP contribution in [-0.4, -0.2) is 39.2 Å². The average Bonchev–Trinajstić information content (AvgIpc) is 2.54. The van der Waals surface area contributed by atoms with Crippen molar-refractivity contribution >= 4 is 26.0 Å². The maximum absolute atomic E-state index is 12.6. The van der Waals surface area contributed by atoms with Crippen LogP contribution in [0.25, 0.3) is 0 Å². The molecule has 136 valence electrons. The largest absolute Gasteiger partial charge is 0.465 e. The molecule has 0 spiro atoms. The highest BCUT2D eigenvalue weighted by Gasteiger charge is 2.44. The van der Waals surface area contributed by atoms with Crippen molar-refractivity contribution in [1.82, 2.24) is 0 Å². The van der Waals surface area contributed by atoms with Gasteiger partial charge in [0.1, 0.15) is 5.94 Å². The number of hydrogen-bond donors (Lipinski definition) is 0. The fraction of sp³-hybridized carbons (Fsp3) is 0.474. The van der Waals surface area contributed by atoms with Crippen molar-refractivity contribution in [3.05, 3.63) is 41.1 Å². The van der Waals surface area contributed by atoms with Crippen LogP contribution >= 0.6 is 0 Å². The van der Waals surface area contributed by atoms with Crippen LogP contribution in [0.1, 0.15) is 25.3 Å². The maximum Gasteiger partial charge on any atom is 0.321 e. The molecule has 0 bridgehead atoms. The second kappa shape index (κ2) is 9.35. The third-order valence-electron chi connectivity index (χ3n) is 3.80. The number of rotatable bonds is 8. The molecule has 5 nitrogen and oxygen atoms in total. The molecule has 0 fully saturated rings. The van der Waals surface area contributed by atoms with Gasteiger partial charge in [0.05, 0.1) is 21.3 Å². The van der Waals surface area contributed by atoms with Crippen LogP contribution in [0.3, 0.4) is 0 Å². The second-order valence-corrected chi connectivity index (χ2v) is 11.7. The third-order valence-corrected chi connectivity index (χ3v) is 5.83. The minimum atomic E-state index is -2.16. The number of carbonyl (C=O) groups excluding carboxylic acids is 3. The van der Waals surface area contributed by atoms with E-state index in [1.165, 1.54) is 0 Å². The van der Waals surface area contributed by atoms with Gasteiger partial charge in [-0.2, -0.15) is 0 Å². The van der Waals surface area contributed by atoms with Crippen LogP contribution in [0.5, 0.6) is 0 Å². The lowest BCUT2D eigenvalue weighted by Gasteiger charge is -2.30. The summed E-state index contributed by atoms with van der Waals surface area (Å²) in [4.78, 5) is 36.9. The fourth-order valence-electron chi connectivity index (χ4n) is 2.70. The summed E-state index contributed by atoms with van der Waals surface area (Å²) in [6, 6.07) is 9.05. The van der Waals surface area contributed by atoms with Gasteiger partial charge in [-0.15, -0.1) is 0 Å². The fourth-order valence-corrected chi connectivity index (χ4v) is 4.27. The Morgan fingerprint density at radius 1 is 1.00 bits per heavy atom. The zero-order valence-corrected chi connectivity index (χ0v) is 16.5. The van der Waals surface area contributed by atoms with Crippen LogP contribution in [0.2, 0.25) is 19.6 Å². The van der Waals surface area contributed by atoms with E-state index in [0.717, 1.165) is 0 Å². The molecule has 0 amide bonds. The Bertz CT molecular complexity index is 624. The van der Waals surface area contributed by atoms with Crippen molar-refractivity contribution < 1.29 is 23.9 Å². The highest BCUT2D eigenvalue weighted by atomic mass is 28.3. The van der Waals surface area contributed by atoms with Gasteiger partial charge in [0.25, 0.3) is 0 Å². The van der Waals surface area contributed by atoms with Crippen molar-refractivity contribution in [2.45, 2.75) is 39.4 Å². The number of carbonyl (C=O) groups is 2. The molecule has 1 rings (SSSR count). The number of ether oxygens (including phenoxy) is 2. The Morgan fingerprint density at radius 3 is 1.84 bits per heavy atom. The van der Waals surface area contributed by atoms with E-state index >= 15 is 0 Å². The predicted octanol–water partition coefficient (Wildman–Crippen LogP) is 3.15. The standard InChI is InChI=1S/C19H26O5Si/c1-6-23-18(21)17(19(22)24-7-2)16(14-11-9-8-10-12-14)15(13-20)25(3,4)5/h8-12,16-17H,6-7H2,1-5H3. The Hall–Kier alpha value is -2.17. The van der Waals surface area contributed by atoms with E-state index in [1.54, 1.807) is 26.0 Å². The molecule has 1 atom stereocenters. The monoisotopic (exact) mass is 362 g/mol. The van der Waals surface area contributed by atoms with Crippen molar-refractivity contribution in [2.75, 3.05) is 13.2 Å². The summed E-state index contributed by atoms with van der Waals surface area (Å²) in [6.45, 7) is 9.58. The van der Waals surface area contributed by atoms with Gasteiger partial charge in [-0.3, -0.25) is 9.59 Å². The molecular formula is C19H26O5Si. The van der Waals surface area contributed by atoms with Gasteiger partial charge >= 0.3 is 11.9 Å². The quantitative estimate of drug-likeness (QED) is 0.307. The number of hydrogen-bond acceptors (Lipinski definition) is 5. The number of esters is 2. The first-order valence-corrected chi connectivity index (χ1v) is 11.9. The number of allylic oxidation sites excluding steroid dienone is 1. The molecular weight excluding hydrogens is 336 g/mol. The minimum Gasteiger partial charge on any atom is -0.465 e. The summed E-state index contributed by atoms with van der Waals surface area (Å²) in [6.07, 6.45) is 0. The lowest BCUT2D eigenvalue weighted by atomic mass is 9.85. The minimum absolute atomic E-state index is 0.142. The maximum atomic E-state index is 12.6. The molecule has 0 radical (unpaired) electrons. The van der Waals surface area contributed by atoms with Gasteiger partial charge in [0.2, 0.25) is 0 Å². The van der Waals surface area contributed by atoms with Crippen LogP contribution in [0, 0.1) is 5.92 Å². The molecule has 0 N–H and O–H groups in total. The molecule has 0 aromatic heterocycles. The predicted molar refractivity (Wildman–Crippen MR) is 98.5 cm³/mol. The van der Waals surface area contributed by atoms with E-state index in [9.17, 15) is 14.4 Å². The zero-order chi connectivity index (χ0) is 19.0. The van der Waals surface area contributed by atoms with Gasteiger partial charge in [0, 0.05) is 11.1 Å². The van der Waals surface area contributed by atoms with E-state index in [4.69, 9.17) is 9.47 Å². The van der Waals surface area contributed by atoms with E-state index in [2.05, 4.69) is 0 Å². The average molecular weight is 362 g/mol. The molecule has 25 heavy (non-hydrogen) atoms. The highest BCUT2D eigenvalue weighted by Crippen LogP contribution is 2.37. The first-order valence-electron chi connectivity index (χ1n) is 8.41. The van der Waals surface area contributed by atoms with Crippen LogP contribution in [0.15, 0.2) is 35.5 Å². The Balaban J connectivity index is 3.56. The van der Waals surface area contributed by atoms with Crippen LogP contribution in [-0.2, 0) is 23.9 Å². The summed E-state index contributed by atoms with van der Waals surface area (Å²) in [7, 11) is -2.16. The van der Waals surface area contributed by atoms with E-state index < -0.39 is 31.8 Å². The van der Waals surface area contributed by atoms with Gasteiger partial charge in [-0.25, -0.2) is 4.79 Å². The second-order valence-electron chi connectivity index (χ2n) is 6.64. The summed E-state index contributed by atoms with van der Waals surface area (Å²) in [5.41, 5.74) is 0.703. The molecule has 1 aromatic rings. The Morgan fingerprint density at radius 2 is 1.48 bits per heavy atom. The third kappa shape index (κ3) is 5.41. The molecule has 0 saturated carbocycles. The summed E-state index contributed by atoms with van der Waals surface area (Å²) in [5, 5.41) is 0.463. The lowest BCUT2D eigenvalue weighted by Crippen LogP contribution is -2.40. The van der Waals surface area contributed by atoms with E-state index in [-0.39, 0.29) is 13.2 Å². The normalized spacial score (nSPS) is 12.2. The summed E-state index contributed by atoms with van der Waals surface area (Å²) >= 11 is 0. The van der Waals surface area contributed by atoms with Crippen molar-refractivity contribution in [3.8, 4) is 0 Å². The van der Waals surface area contributed by atoms with Crippen molar-refractivity contribution in [3.63, 3.8) is 0 Å². The molecule has 0 aliphatic heterocycles. The van der Waals surface area contributed by atoms with Crippen LogP contribution in [0.4, 0.5) is 0 Å². The molecule has 1 aromatic carbocycles. The van der Waals surface area contributed by atoms with Crippen molar-refractivity contribution in [2.24, 2.45) is 5.92 Å². The van der Waals surface area contributed by atoms with Gasteiger partial charge in [-0.05, 0) is 19.4 Å². The summed E-state index contributed by atoms with van der Waals surface area (Å²) in [5.74, 6) is -1.28. The van der Waals surface area contributed by atoms with Gasteiger partial charge in [-0.1, -0.05) is 50.0 Å². The first-order chi connectivity index (χ1) is 11.8. The topological polar surface area (TPSA) is 69.7 Å². The molecule has 6 heteroatoms. The molecule has 1 unspecified atom stereocenters. The molecule has 0 saturated heterocycles. The zero-order valence-electron chi connectivity index (χ0n) is 15.5. The summed E-state index contributed by atoms with van der Waals surface area (Å²) < 4.78 is 10.2.